The topological polar surface area (TPSA) is 35.6 Å². The summed E-state index contributed by atoms with van der Waals surface area (Å²) in [5.74, 6) is 0.342. The first kappa shape index (κ1) is 24.2. The quantitative estimate of drug-likeness (QED) is 0.187. The second-order valence-electron chi connectivity index (χ2n) is 13.0. The predicted molar refractivity (Wildman–Crippen MR) is 217 cm³/mol. The summed E-state index contributed by atoms with van der Waals surface area (Å²) in [6, 6.07) is 50.2. The predicted octanol–water partition coefficient (Wildman–Crippen LogP) is 12.3. The van der Waals surface area contributed by atoms with Crippen LogP contribution in [-0.4, -0.2) is 19.1 Å². The van der Waals surface area contributed by atoms with Crippen molar-refractivity contribution in [1.29, 1.82) is 0 Å². The number of rotatable bonds is 4. The van der Waals surface area contributed by atoms with Crippen molar-refractivity contribution in [1.82, 2.24) is 19.1 Å². The van der Waals surface area contributed by atoms with Crippen LogP contribution in [0.1, 0.15) is 6.85 Å². The Morgan fingerprint density at radius 3 is 1.83 bits per heavy atom. The van der Waals surface area contributed by atoms with E-state index in [9.17, 15) is 0 Å². The lowest BCUT2D eigenvalue weighted by molar-refractivity contribution is 1.02. The van der Waals surface area contributed by atoms with E-state index in [0.29, 0.717) is 16.9 Å². The molecule has 0 saturated heterocycles. The highest BCUT2D eigenvalue weighted by Crippen LogP contribution is 2.43. The number of benzene rings is 8. The average Bonchev–Trinajstić information content (AvgIpc) is 3.78. The lowest BCUT2D eigenvalue weighted by Crippen LogP contribution is -2.03. The van der Waals surface area contributed by atoms with E-state index in [1.807, 2.05) is 48.5 Å². The number of hydrogen-bond donors (Lipinski definition) is 0. The van der Waals surface area contributed by atoms with Crippen LogP contribution in [0, 0.1) is 0 Å². The highest BCUT2D eigenvalue weighted by molar-refractivity contribution is 6.22. The van der Waals surface area contributed by atoms with Crippen LogP contribution in [0.15, 0.2) is 182 Å². The molecule has 8 aromatic carbocycles. The molecule has 0 amide bonds. The fourth-order valence-corrected chi connectivity index (χ4v) is 7.99. The van der Waals surface area contributed by atoms with E-state index in [0.717, 1.165) is 60.4 Å². The van der Waals surface area contributed by atoms with E-state index in [1.54, 1.807) is 0 Å². The van der Waals surface area contributed by atoms with Crippen molar-refractivity contribution in [3.8, 4) is 34.0 Å². The maximum absolute atomic E-state index is 8.87. The van der Waals surface area contributed by atoms with Crippen LogP contribution >= 0.6 is 0 Å². The van der Waals surface area contributed by atoms with Gasteiger partial charge in [0.1, 0.15) is 0 Å². The lowest BCUT2D eigenvalue weighted by atomic mass is 9.94. The third-order valence-electron chi connectivity index (χ3n) is 10.2. The maximum Gasteiger partial charge on any atom is 0.235 e. The Morgan fingerprint density at radius 1 is 0.423 bits per heavy atom. The molecule has 3 aromatic heterocycles. The zero-order chi connectivity index (χ0) is 38.5. The molecule has 0 bridgehead atoms. The Labute approximate surface area is 306 Å². The van der Waals surface area contributed by atoms with Crippen LogP contribution < -0.4 is 0 Å². The van der Waals surface area contributed by atoms with Crippen LogP contribution in [-0.2, 0) is 0 Å². The first-order chi connectivity index (χ1) is 27.9. The van der Waals surface area contributed by atoms with Crippen LogP contribution in [0.4, 0.5) is 0 Å². The smallest absolute Gasteiger partial charge is 0.235 e. The first-order valence-corrected chi connectivity index (χ1v) is 17.3. The number of fused-ring (bicyclic) bond motifs is 9. The molecule has 0 saturated carbocycles. The van der Waals surface area contributed by atoms with E-state index in [4.69, 9.17) is 16.8 Å². The van der Waals surface area contributed by atoms with Gasteiger partial charge in [0, 0.05) is 43.6 Å². The van der Waals surface area contributed by atoms with E-state index in [-0.39, 0.29) is 23.3 Å². The molecule has 11 aromatic rings. The molecule has 0 radical (unpaired) electrons. The third-order valence-corrected chi connectivity index (χ3v) is 10.2. The first-order valence-electron chi connectivity index (χ1n) is 19.8. The Hall–Kier alpha value is -7.04. The van der Waals surface area contributed by atoms with Gasteiger partial charge in [-0.25, -0.2) is 9.97 Å². The Kier molecular flexibility index (Phi) is 5.22. The number of hydrogen-bond acceptors (Lipinski definition) is 2. The van der Waals surface area contributed by atoms with Crippen molar-refractivity contribution in [2.24, 2.45) is 0 Å². The van der Waals surface area contributed by atoms with Crippen molar-refractivity contribution >= 4 is 65.3 Å². The molecule has 0 aliphatic carbocycles. The maximum atomic E-state index is 8.87. The van der Waals surface area contributed by atoms with Gasteiger partial charge < -0.3 is 4.57 Å². The van der Waals surface area contributed by atoms with Gasteiger partial charge in [-0.15, -0.1) is 0 Å². The van der Waals surface area contributed by atoms with Gasteiger partial charge in [0.2, 0.25) is 5.95 Å². The molecule has 0 atom stereocenters. The summed E-state index contributed by atoms with van der Waals surface area (Å²) in [6.45, 7) is 0. The summed E-state index contributed by atoms with van der Waals surface area (Å²) in [7, 11) is 0. The molecule has 4 heteroatoms. The molecule has 0 fully saturated rings. The molecule has 242 valence electrons. The highest BCUT2D eigenvalue weighted by atomic mass is 15.2. The fraction of sp³-hybridized carbons (Fsp3) is 0. The number of nitrogens with zero attached hydrogens (tertiary/aromatic N) is 4. The van der Waals surface area contributed by atoms with Gasteiger partial charge in [-0.05, 0) is 65.0 Å². The normalized spacial score (nSPS) is 13.2. The second-order valence-corrected chi connectivity index (χ2v) is 13.0. The van der Waals surface area contributed by atoms with Crippen LogP contribution in [0.25, 0.3) is 99.3 Å². The monoisotopic (exact) mass is 667 g/mol. The van der Waals surface area contributed by atoms with Gasteiger partial charge in [-0.2, -0.15) is 0 Å². The van der Waals surface area contributed by atoms with Gasteiger partial charge in [0.15, 0.2) is 0 Å². The second kappa shape index (κ2) is 11.2. The lowest BCUT2D eigenvalue weighted by Gasteiger charge is -2.14. The number of para-hydroxylation sites is 4. The molecule has 11 rings (SSSR count). The third kappa shape index (κ3) is 4.21. The Morgan fingerprint density at radius 2 is 1.04 bits per heavy atom. The summed E-state index contributed by atoms with van der Waals surface area (Å²) in [6.07, 6.45) is 0. The van der Waals surface area contributed by atoms with Gasteiger partial charge in [-0.3, -0.25) is 4.57 Å². The molecule has 0 aliphatic rings. The van der Waals surface area contributed by atoms with Gasteiger partial charge in [0.05, 0.1) is 40.1 Å². The molecule has 0 spiro atoms. The van der Waals surface area contributed by atoms with Gasteiger partial charge in [-0.1, -0.05) is 133 Å². The summed E-state index contributed by atoms with van der Waals surface area (Å²) in [5.41, 5.74) is 8.31. The summed E-state index contributed by atoms with van der Waals surface area (Å²) >= 11 is 0. The molecule has 3 heterocycles. The standard InChI is InChI=1S/C48H30N4/c1-3-15-31(16-4-1)46-38-23-9-12-24-42(38)49-48(50-46)52-44-26-14-11-21-36(44)41-30-39(34-19-7-8-22-37(34)47(41)52)32-27-28-45-40(29-32)35-20-10-13-25-43(35)51(45)33-17-5-2-6-18-33/h1-30H/i1D,3D,4D,15D,16D. The fourth-order valence-electron chi connectivity index (χ4n) is 7.99. The molecule has 0 unspecified atom stereocenters. The number of aromatic nitrogens is 4. The molecular formula is C48H30N4. The molecule has 0 N–H and O–H groups in total. The highest BCUT2D eigenvalue weighted by Gasteiger charge is 2.21. The van der Waals surface area contributed by atoms with Crippen molar-refractivity contribution < 1.29 is 6.85 Å². The molecular weight excluding hydrogens is 633 g/mol. The zero-order valence-corrected chi connectivity index (χ0v) is 27.7. The van der Waals surface area contributed by atoms with E-state index < -0.39 is 18.1 Å². The Balaban J connectivity index is 1.21. The van der Waals surface area contributed by atoms with E-state index >= 15 is 0 Å². The van der Waals surface area contributed by atoms with Crippen LogP contribution in [0.2, 0.25) is 0 Å². The minimum Gasteiger partial charge on any atom is -0.309 e. The molecule has 52 heavy (non-hydrogen) atoms. The van der Waals surface area contributed by atoms with Gasteiger partial charge >= 0.3 is 0 Å². The van der Waals surface area contributed by atoms with Crippen molar-refractivity contribution in [3.63, 3.8) is 0 Å². The summed E-state index contributed by atoms with van der Waals surface area (Å²) in [5, 5.41) is 7.05. The SMILES string of the molecule is [2H]c1c([2H])c([2H])c(-c2nc(-n3c4ccccc4c4cc(-c5ccc6c(c5)c5ccccc5n6-c5ccccc5)c5ccccc5c43)nc3ccccc23)c([2H])c1[2H]. The van der Waals surface area contributed by atoms with Crippen molar-refractivity contribution in [2.75, 3.05) is 0 Å². The van der Waals surface area contributed by atoms with E-state index in [1.165, 1.54) is 10.8 Å². The van der Waals surface area contributed by atoms with Crippen molar-refractivity contribution in [2.45, 2.75) is 0 Å². The summed E-state index contributed by atoms with van der Waals surface area (Å²) < 4.78 is 47.2. The average molecular weight is 668 g/mol. The molecule has 4 nitrogen and oxygen atoms in total. The Bertz CT molecular complexity index is 3450. The van der Waals surface area contributed by atoms with Crippen molar-refractivity contribution in [3.05, 3.63) is 182 Å². The van der Waals surface area contributed by atoms with Crippen LogP contribution in [0.3, 0.4) is 0 Å². The minimum atomic E-state index is -0.446. The summed E-state index contributed by atoms with van der Waals surface area (Å²) in [4.78, 5) is 10.2. The van der Waals surface area contributed by atoms with Crippen LogP contribution in [0.5, 0.6) is 0 Å². The molecule has 0 aliphatic heterocycles. The largest absolute Gasteiger partial charge is 0.309 e. The van der Waals surface area contributed by atoms with E-state index in [2.05, 4.69) is 112 Å². The zero-order valence-electron chi connectivity index (χ0n) is 32.7. The van der Waals surface area contributed by atoms with Gasteiger partial charge in [0.25, 0.3) is 0 Å². The minimum absolute atomic E-state index is 0.0396.